The van der Waals surface area contributed by atoms with Crippen molar-refractivity contribution in [1.29, 1.82) is 0 Å². The van der Waals surface area contributed by atoms with Gasteiger partial charge in [0.1, 0.15) is 0 Å². The van der Waals surface area contributed by atoms with Crippen molar-refractivity contribution in [3.8, 4) is 0 Å². The quantitative estimate of drug-likeness (QED) is 0.735. The van der Waals surface area contributed by atoms with Crippen molar-refractivity contribution in [1.82, 2.24) is 10.2 Å². The summed E-state index contributed by atoms with van der Waals surface area (Å²) in [5.41, 5.74) is 0. The number of rotatable bonds is 6. The molecule has 1 heterocycles. The van der Waals surface area contributed by atoms with Gasteiger partial charge < -0.3 is 10.1 Å². The third kappa shape index (κ3) is 4.52. The Morgan fingerprint density at radius 1 is 1.28 bits per heavy atom. The zero-order valence-electron chi connectivity index (χ0n) is 12.3. The molecule has 0 aromatic heterocycles. The van der Waals surface area contributed by atoms with Gasteiger partial charge in [-0.3, -0.25) is 4.90 Å². The molecule has 0 radical (unpaired) electrons. The van der Waals surface area contributed by atoms with E-state index in [0.717, 1.165) is 31.7 Å². The van der Waals surface area contributed by atoms with Crippen LogP contribution < -0.4 is 5.32 Å². The van der Waals surface area contributed by atoms with Gasteiger partial charge in [0.25, 0.3) is 0 Å². The zero-order chi connectivity index (χ0) is 13.0. The van der Waals surface area contributed by atoms with Crippen LogP contribution in [0.1, 0.15) is 40.0 Å². The fourth-order valence-corrected chi connectivity index (χ4v) is 2.78. The molecule has 3 heteroatoms. The van der Waals surface area contributed by atoms with E-state index in [1.807, 2.05) is 0 Å². The Labute approximate surface area is 112 Å². The molecule has 1 saturated heterocycles. The predicted octanol–water partition coefficient (Wildman–Crippen LogP) is 2.12. The Morgan fingerprint density at radius 3 is 2.72 bits per heavy atom. The van der Waals surface area contributed by atoms with E-state index in [2.05, 4.69) is 31.0 Å². The number of hydrogen-bond acceptors (Lipinski definition) is 3. The fourth-order valence-electron chi connectivity index (χ4n) is 2.78. The van der Waals surface area contributed by atoms with E-state index in [-0.39, 0.29) is 0 Å². The van der Waals surface area contributed by atoms with Gasteiger partial charge in [-0.2, -0.15) is 0 Å². The highest BCUT2D eigenvalue weighted by Crippen LogP contribution is 2.33. The average Bonchev–Trinajstić information content (AvgIpc) is 3.13. The van der Waals surface area contributed by atoms with Gasteiger partial charge >= 0.3 is 0 Å². The molecule has 2 atom stereocenters. The van der Waals surface area contributed by atoms with Gasteiger partial charge in [-0.05, 0) is 44.6 Å². The van der Waals surface area contributed by atoms with Crippen LogP contribution in [0.15, 0.2) is 0 Å². The summed E-state index contributed by atoms with van der Waals surface area (Å²) in [6.45, 7) is 12.1. The highest BCUT2D eigenvalue weighted by atomic mass is 16.5. The lowest BCUT2D eigenvalue weighted by Gasteiger charge is -2.29. The molecule has 1 saturated carbocycles. The van der Waals surface area contributed by atoms with Crippen LogP contribution in [0.25, 0.3) is 0 Å². The highest BCUT2D eigenvalue weighted by Gasteiger charge is 2.34. The van der Waals surface area contributed by atoms with E-state index in [4.69, 9.17) is 4.74 Å². The van der Waals surface area contributed by atoms with Crippen LogP contribution in [0, 0.1) is 11.8 Å². The Bertz CT molecular complexity index is 241. The second-order valence-corrected chi connectivity index (χ2v) is 6.50. The number of ether oxygens (including phenoxy) is 1. The lowest BCUT2D eigenvalue weighted by molar-refractivity contribution is 0.0730. The van der Waals surface area contributed by atoms with Crippen molar-refractivity contribution in [2.45, 2.75) is 52.1 Å². The van der Waals surface area contributed by atoms with Crippen LogP contribution in [0.4, 0.5) is 0 Å². The molecule has 2 rings (SSSR count). The van der Waals surface area contributed by atoms with E-state index in [0.29, 0.717) is 12.0 Å². The molecule has 2 fully saturated rings. The largest absolute Gasteiger partial charge is 0.380 e. The monoisotopic (exact) mass is 254 g/mol. The van der Waals surface area contributed by atoms with Crippen LogP contribution in [0.5, 0.6) is 0 Å². The number of nitrogens with zero attached hydrogens (tertiary/aromatic N) is 1. The van der Waals surface area contributed by atoms with Crippen molar-refractivity contribution in [3.05, 3.63) is 0 Å². The van der Waals surface area contributed by atoms with Gasteiger partial charge in [0.05, 0.1) is 6.61 Å². The van der Waals surface area contributed by atoms with Gasteiger partial charge in [0.2, 0.25) is 0 Å². The summed E-state index contributed by atoms with van der Waals surface area (Å²) in [4.78, 5) is 2.63. The van der Waals surface area contributed by atoms with E-state index < -0.39 is 0 Å². The fraction of sp³-hybridized carbons (Fsp3) is 1.00. The third-order valence-electron chi connectivity index (χ3n) is 4.19. The Hall–Kier alpha value is -0.120. The standard InChI is InChI=1S/C15H30N2O/c1-12(2)11-18-9-8-17-10-15(14-4-5-14)16-7-6-13(17)3/h12-16H,4-11H2,1-3H3. The molecule has 2 unspecified atom stereocenters. The second kappa shape index (κ2) is 6.88. The Balaban J connectivity index is 1.72. The zero-order valence-corrected chi connectivity index (χ0v) is 12.3. The lowest BCUT2D eigenvalue weighted by atomic mass is 10.1. The Kier molecular flexibility index (Phi) is 5.46. The first-order chi connectivity index (χ1) is 8.66. The van der Waals surface area contributed by atoms with Gasteiger partial charge in [0.15, 0.2) is 0 Å². The molecule has 18 heavy (non-hydrogen) atoms. The molecule has 0 bridgehead atoms. The molecule has 106 valence electrons. The van der Waals surface area contributed by atoms with Crippen molar-refractivity contribution in [3.63, 3.8) is 0 Å². The SMILES string of the molecule is CC(C)COCCN1CC(C2CC2)NCCC1C. The maximum absolute atomic E-state index is 5.74. The second-order valence-electron chi connectivity index (χ2n) is 6.50. The molecule has 1 aliphatic heterocycles. The summed E-state index contributed by atoms with van der Waals surface area (Å²) in [6.07, 6.45) is 4.14. The van der Waals surface area contributed by atoms with E-state index >= 15 is 0 Å². The molecule has 0 amide bonds. The van der Waals surface area contributed by atoms with Gasteiger partial charge in [-0.25, -0.2) is 0 Å². The van der Waals surface area contributed by atoms with Gasteiger partial charge in [0, 0.05) is 31.8 Å². The maximum atomic E-state index is 5.74. The topological polar surface area (TPSA) is 24.5 Å². The van der Waals surface area contributed by atoms with E-state index in [9.17, 15) is 0 Å². The minimum absolute atomic E-state index is 0.646. The van der Waals surface area contributed by atoms with E-state index in [1.165, 1.54) is 32.4 Å². The number of nitrogens with one attached hydrogen (secondary N) is 1. The third-order valence-corrected chi connectivity index (χ3v) is 4.19. The van der Waals surface area contributed by atoms with Crippen molar-refractivity contribution in [2.75, 3.05) is 32.8 Å². The summed E-state index contributed by atoms with van der Waals surface area (Å²) >= 11 is 0. The van der Waals surface area contributed by atoms with Crippen molar-refractivity contribution in [2.24, 2.45) is 11.8 Å². The minimum Gasteiger partial charge on any atom is -0.380 e. The normalized spacial score (nSPS) is 30.7. The molecular weight excluding hydrogens is 224 g/mol. The van der Waals surface area contributed by atoms with Crippen LogP contribution >= 0.6 is 0 Å². The van der Waals surface area contributed by atoms with E-state index in [1.54, 1.807) is 0 Å². The van der Waals surface area contributed by atoms with Crippen molar-refractivity contribution >= 4 is 0 Å². The smallest absolute Gasteiger partial charge is 0.0593 e. The first kappa shape index (κ1) is 14.3. The number of hydrogen-bond donors (Lipinski definition) is 1. The summed E-state index contributed by atoms with van der Waals surface area (Å²) < 4.78 is 5.74. The average molecular weight is 254 g/mol. The van der Waals surface area contributed by atoms with Crippen LogP contribution in [-0.4, -0.2) is 49.8 Å². The molecule has 2 aliphatic rings. The predicted molar refractivity (Wildman–Crippen MR) is 75.8 cm³/mol. The van der Waals surface area contributed by atoms with Crippen LogP contribution in [-0.2, 0) is 4.74 Å². The lowest BCUT2D eigenvalue weighted by Crippen LogP contribution is -2.42. The first-order valence-electron chi connectivity index (χ1n) is 7.72. The molecule has 3 nitrogen and oxygen atoms in total. The van der Waals surface area contributed by atoms with Gasteiger partial charge in [-0.15, -0.1) is 0 Å². The molecular formula is C15H30N2O. The molecule has 1 aliphatic carbocycles. The molecule has 1 N–H and O–H groups in total. The molecule has 0 aromatic rings. The molecule has 0 aromatic carbocycles. The summed E-state index contributed by atoms with van der Waals surface area (Å²) in [6, 6.07) is 1.43. The van der Waals surface area contributed by atoms with Crippen LogP contribution in [0.2, 0.25) is 0 Å². The van der Waals surface area contributed by atoms with Crippen LogP contribution in [0.3, 0.4) is 0 Å². The summed E-state index contributed by atoms with van der Waals surface area (Å²) in [7, 11) is 0. The summed E-state index contributed by atoms with van der Waals surface area (Å²) in [5, 5.41) is 3.73. The highest BCUT2D eigenvalue weighted by molar-refractivity contribution is 4.91. The first-order valence-corrected chi connectivity index (χ1v) is 7.72. The Morgan fingerprint density at radius 2 is 2.06 bits per heavy atom. The minimum atomic E-state index is 0.646. The van der Waals surface area contributed by atoms with Gasteiger partial charge in [-0.1, -0.05) is 13.8 Å². The molecule has 0 spiro atoms. The maximum Gasteiger partial charge on any atom is 0.0593 e. The van der Waals surface area contributed by atoms with Crippen molar-refractivity contribution < 1.29 is 4.74 Å². The summed E-state index contributed by atoms with van der Waals surface area (Å²) in [5.74, 6) is 1.60.